The van der Waals surface area contributed by atoms with E-state index < -0.39 is 0 Å². The van der Waals surface area contributed by atoms with Crippen LogP contribution >= 0.6 is 0 Å². The smallest absolute Gasteiger partial charge is 1.00 e. The monoisotopic (exact) mass is 480 g/mol. The van der Waals surface area contributed by atoms with Crippen molar-refractivity contribution in [3.63, 3.8) is 0 Å². The zero-order chi connectivity index (χ0) is 15.2. The second-order valence-corrected chi connectivity index (χ2v) is 6.23. The van der Waals surface area contributed by atoms with Crippen molar-refractivity contribution in [2.75, 3.05) is 0 Å². The predicted octanol–water partition coefficient (Wildman–Crippen LogP) is -5.90. The van der Waals surface area contributed by atoms with Gasteiger partial charge in [-0.1, -0.05) is 78.9 Å². The van der Waals surface area contributed by atoms with Crippen molar-refractivity contribution < 1.29 is 71.3 Å². The molecule has 0 amide bonds. The third-order valence-electron chi connectivity index (χ3n) is 4.90. The van der Waals surface area contributed by atoms with Crippen LogP contribution in [0.1, 0.15) is 16.7 Å². The number of hydrogen-bond acceptors (Lipinski definition) is 0. The van der Waals surface area contributed by atoms with Gasteiger partial charge < -0.3 is 49.6 Å². The molecule has 5 heteroatoms. The number of halogens is 4. The molecule has 0 fully saturated rings. The molecule has 4 aromatic rings. The van der Waals surface area contributed by atoms with Crippen molar-refractivity contribution in [2.24, 2.45) is 0 Å². The summed E-state index contributed by atoms with van der Waals surface area (Å²) in [4.78, 5) is 0. The molecule has 0 heterocycles. The van der Waals surface area contributed by atoms with Gasteiger partial charge in [0.2, 0.25) is 0 Å². The minimum atomic E-state index is 0. The van der Waals surface area contributed by atoms with E-state index in [1.54, 1.807) is 0 Å². The number of benzene rings is 4. The molecule has 0 aromatic heterocycles. The van der Waals surface area contributed by atoms with Gasteiger partial charge in [0.1, 0.15) is 0 Å². The fourth-order valence-corrected chi connectivity index (χ4v) is 3.75. The summed E-state index contributed by atoms with van der Waals surface area (Å²) in [6, 6.07) is 28.5. The Morgan fingerprint density at radius 3 is 1.93 bits per heavy atom. The topological polar surface area (TPSA) is 0 Å². The first-order chi connectivity index (χ1) is 11.4. The van der Waals surface area contributed by atoms with Crippen molar-refractivity contribution in [3.05, 3.63) is 95.6 Å². The van der Waals surface area contributed by atoms with Crippen LogP contribution in [0.15, 0.2) is 78.9 Å². The number of hydrogen-bond donors (Lipinski definition) is 0. The molecule has 4 aromatic carbocycles. The quantitative estimate of drug-likeness (QED) is 0.188. The van der Waals surface area contributed by atoms with Crippen LogP contribution in [-0.4, -0.2) is 0 Å². The van der Waals surface area contributed by atoms with Gasteiger partial charge in [-0.05, 0) is 56.3 Å². The zero-order valence-corrected chi connectivity index (χ0v) is 19.4. The van der Waals surface area contributed by atoms with Crippen LogP contribution in [0.25, 0.3) is 33.2 Å². The molecule has 140 valence electrons. The minimum Gasteiger partial charge on any atom is -1.00 e. The van der Waals surface area contributed by atoms with Crippen molar-refractivity contribution in [3.8, 4) is 0 Å². The average Bonchev–Trinajstić information content (AvgIpc) is 3.07. The normalized spacial score (nSPS) is 10.9. The van der Waals surface area contributed by atoms with Gasteiger partial charge in [0.05, 0.1) is 0 Å². The predicted molar refractivity (Wildman–Crippen MR) is 99.5 cm³/mol. The minimum absolute atomic E-state index is 0. The first-order valence-electron chi connectivity index (χ1n) is 8.09. The van der Waals surface area contributed by atoms with Gasteiger partial charge in [-0.2, -0.15) is 0 Å². The number of fused-ring (bicyclic) bond motifs is 5. The number of allylic oxidation sites excluding steroid dienone is 1. The van der Waals surface area contributed by atoms with Crippen LogP contribution in [0.3, 0.4) is 0 Å². The molecule has 0 radical (unpaired) electrons. The molecule has 0 aliphatic heterocycles. The summed E-state index contributed by atoms with van der Waals surface area (Å²) in [5, 5.41) is 5.37. The summed E-state index contributed by atoms with van der Waals surface area (Å²) in [5.41, 5.74) is 5.58. The van der Waals surface area contributed by atoms with Crippen molar-refractivity contribution in [1.82, 2.24) is 0 Å². The maximum absolute atomic E-state index is 2.38. The van der Waals surface area contributed by atoms with Crippen molar-refractivity contribution in [1.29, 1.82) is 0 Å². The third kappa shape index (κ3) is 4.60. The van der Waals surface area contributed by atoms with Gasteiger partial charge in [-0.3, -0.25) is 0 Å². The Morgan fingerprint density at radius 2 is 1.18 bits per heavy atom. The Morgan fingerprint density at radius 1 is 0.536 bits per heavy atom. The van der Waals surface area contributed by atoms with E-state index in [2.05, 4.69) is 84.9 Å². The summed E-state index contributed by atoms with van der Waals surface area (Å²) in [5.74, 6) is 0. The van der Waals surface area contributed by atoms with Gasteiger partial charge >= 0.3 is 21.7 Å². The van der Waals surface area contributed by atoms with Crippen LogP contribution in [0.2, 0.25) is 0 Å². The summed E-state index contributed by atoms with van der Waals surface area (Å²) in [6.45, 7) is 0. The van der Waals surface area contributed by atoms with Gasteiger partial charge in [-0.15, -0.1) is 0 Å². The molecule has 0 atom stereocenters. The van der Waals surface area contributed by atoms with E-state index >= 15 is 0 Å². The molecular weight excluding hydrogens is 466 g/mol. The zero-order valence-electron chi connectivity index (χ0n) is 14.8. The van der Waals surface area contributed by atoms with Crippen molar-refractivity contribution in [2.45, 2.75) is 6.42 Å². The SMILES string of the molecule is C1=C(c2ccccc2)Cc2ccc3c(ccc4ccccc43)c21.[Cl-].[Cl-].[Cl-].[Cl-].[Ti+4]. The first-order valence-corrected chi connectivity index (χ1v) is 8.09. The van der Waals surface area contributed by atoms with Gasteiger partial charge in [0, 0.05) is 0 Å². The molecule has 5 rings (SSSR count). The van der Waals surface area contributed by atoms with Crippen LogP contribution in [0.5, 0.6) is 0 Å². The summed E-state index contributed by atoms with van der Waals surface area (Å²) in [7, 11) is 0. The van der Waals surface area contributed by atoms with E-state index in [0.29, 0.717) is 0 Å². The second kappa shape index (κ2) is 11.3. The summed E-state index contributed by atoms with van der Waals surface area (Å²) >= 11 is 0. The Hall–Kier alpha value is -0.986. The largest absolute Gasteiger partial charge is 4.00 e. The van der Waals surface area contributed by atoms with E-state index in [0.717, 1.165) is 6.42 Å². The van der Waals surface area contributed by atoms with Crippen LogP contribution in [-0.2, 0) is 28.1 Å². The average molecular weight is 482 g/mol. The third-order valence-corrected chi connectivity index (χ3v) is 4.90. The van der Waals surface area contributed by atoms with E-state index in [9.17, 15) is 0 Å². The molecular formula is C23H16Cl4Ti. The van der Waals surface area contributed by atoms with Gasteiger partial charge in [0.25, 0.3) is 0 Å². The van der Waals surface area contributed by atoms with Gasteiger partial charge in [-0.25, -0.2) is 0 Å². The van der Waals surface area contributed by atoms with E-state index in [1.807, 2.05) is 0 Å². The Labute approximate surface area is 205 Å². The maximum Gasteiger partial charge on any atom is 4.00 e. The van der Waals surface area contributed by atoms with Crippen LogP contribution in [0.4, 0.5) is 0 Å². The standard InChI is InChI=1S/C23H16.4ClH.Ti/c1-2-6-16(7-3-1)19-14-18-11-13-21-20-9-5-4-8-17(20)10-12-22(21)23(18)15-19;;;;;/h1-13,15H,14H2;4*1H;/q;;;;;+4/p-4. The molecule has 1 aliphatic rings. The molecule has 1 aliphatic carbocycles. The van der Waals surface area contributed by atoms with Crippen molar-refractivity contribution >= 4 is 33.2 Å². The Bertz CT molecular complexity index is 1090. The summed E-state index contributed by atoms with van der Waals surface area (Å²) in [6.07, 6.45) is 3.41. The Balaban J connectivity index is 0.00000146. The maximum atomic E-state index is 2.38. The van der Waals surface area contributed by atoms with E-state index in [-0.39, 0.29) is 71.3 Å². The van der Waals surface area contributed by atoms with E-state index in [4.69, 9.17) is 0 Å². The Kier molecular flexibility index (Phi) is 10.9. The molecule has 0 spiro atoms. The molecule has 0 nitrogen and oxygen atoms in total. The van der Waals surface area contributed by atoms with Crippen LogP contribution < -0.4 is 49.6 Å². The van der Waals surface area contributed by atoms with E-state index in [1.165, 1.54) is 43.8 Å². The number of rotatable bonds is 1. The molecule has 0 unspecified atom stereocenters. The molecule has 0 bridgehead atoms. The summed E-state index contributed by atoms with van der Waals surface area (Å²) < 4.78 is 0. The molecule has 28 heavy (non-hydrogen) atoms. The van der Waals surface area contributed by atoms with Gasteiger partial charge in [0.15, 0.2) is 0 Å². The first kappa shape index (κ1) is 27.0. The fourth-order valence-electron chi connectivity index (χ4n) is 3.75. The van der Waals surface area contributed by atoms with Crippen LogP contribution in [0, 0.1) is 0 Å². The molecule has 0 saturated carbocycles. The molecule has 0 saturated heterocycles. The second-order valence-electron chi connectivity index (χ2n) is 6.23. The molecule has 0 N–H and O–H groups in total. The fraction of sp³-hybridized carbons (Fsp3) is 0.0435.